The van der Waals surface area contributed by atoms with Crippen LogP contribution in [0.4, 0.5) is 0 Å². The lowest BCUT2D eigenvalue weighted by Crippen LogP contribution is -2.44. The molecule has 1 amide bonds. The van der Waals surface area contributed by atoms with Crippen LogP contribution < -0.4 is 0 Å². The van der Waals surface area contributed by atoms with E-state index < -0.39 is 5.97 Å². The molecule has 110 valence electrons. The molecule has 1 aliphatic rings. The largest absolute Gasteiger partial charge is 0.481 e. The summed E-state index contributed by atoms with van der Waals surface area (Å²) in [6, 6.07) is 1.76. The van der Waals surface area contributed by atoms with Gasteiger partial charge in [0.05, 0.1) is 0 Å². The van der Waals surface area contributed by atoms with Gasteiger partial charge in [-0.25, -0.2) is 0 Å². The normalized spacial score (nSPS) is 19.1. The molecule has 20 heavy (non-hydrogen) atoms. The summed E-state index contributed by atoms with van der Waals surface area (Å²) in [5, 5.41) is 8.81. The highest BCUT2D eigenvalue weighted by Gasteiger charge is 2.30. The minimum Gasteiger partial charge on any atom is -0.481 e. The first-order chi connectivity index (χ1) is 9.49. The van der Waals surface area contributed by atoms with Gasteiger partial charge in [-0.3, -0.25) is 9.59 Å². The van der Waals surface area contributed by atoms with Crippen molar-refractivity contribution in [2.45, 2.75) is 45.1 Å². The number of hydrogen-bond donors (Lipinski definition) is 1. The molecule has 0 saturated carbocycles. The Bertz CT molecular complexity index is 511. The van der Waals surface area contributed by atoms with E-state index in [0.717, 1.165) is 24.8 Å². The van der Waals surface area contributed by atoms with E-state index >= 15 is 0 Å². The van der Waals surface area contributed by atoms with Gasteiger partial charge in [0.1, 0.15) is 0 Å². The average Bonchev–Trinajstić information content (AvgIpc) is 2.75. The van der Waals surface area contributed by atoms with E-state index in [4.69, 9.17) is 9.52 Å². The van der Waals surface area contributed by atoms with Crippen LogP contribution in [0.25, 0.3) is 0 Å². The number of hydrogen-bond acceptors (Lipinski definition) is 3. The molecule has 2 rings (SSSR count). The van der Waals surface area contributed by atoms with Crippen LogP contribution in [-0.2, 0) is 4.79 Å². The number of amides is 1. The summed E-state index contributed by atoms with van der Waals surface area (Å²) in [4.78, 5) is 25.0. The average molecular weight is 344 g/mol. The molecule has 1 atom stereocenters. The number of aryl methyl sites for hydroxylation is 1. The van der Waals surface area contributed by atoms with Crippen molar-refractivity contribution in [2.24, 2.45) is 0 Å². The molecule has 1 N–H and O–H groups in total. The highest BCUT2D eigenvalue weighted by Crippen LogP contribution is 2.26. The quantitative estimate of drug-likeness (QED) is 0.911. The molecule has 0 radical (unpaired) electrons. The number of carbonyl (C=O) groups excluding carboxylic acids is 1. The molecule has 1 aromatic rings. The Kier molecular flexibility index (Phi) is 4.86. The van der Waals surface area contributed by atoms with Crippen LogP contribution in [-0.4, -0.2) is 34.5 Å². The summed E-state index contributed by atoms with van der Waals surface area (Å²) in [7, 11) is 0. The molecule has 5 nitrogen and oxygen atoms in total. The van der Waals surface area contributed by atoms with Gasteiger partial charge >= 0.3 is 5.97 Å². The fourth-order valence-corrected chi connectivity index (χ4v) is 3.15. The molecule has 1 unspecified atom stereocenters. The Hall–Kier alpha value is -1.30. The van der Waals surface area contributed by atoms with Crippen molar-refractivity contribution in [3.63, 3.8) is 0 Å². The second kappa shape index (κ2) is 6.43. The van der Waals surface area contributed by atoms with Crippen molar-refractivity contribution >= 4 is 27.8 Å². The summed E-state index contributed by atoms with van der Waals surface area (Å²) < 4.78 is 5.95. The lowest BCUT2D eigenvalue weighted by Gasteiger charge is -2.35. The first-order valence-corrected chi connectivity index (χ1v) is 7.57. The van der Waals surface area contributed by atoms with Gasteiger partial charge in [0, 0.05) is 24.6 Å². The van der Waals surface area contributed by atoms with Crippen molar-refractivity contribution in [1.29, 1.82) is 0 Å². The van der Waals surface area contributed by atoms with Crippen LogP contribution in [0, 0.1) is 6.92 Å². The van der Waals surface area contributed by atoms with Crippen molar-refractivity contribution in [2.75, 3.05) is 6.54 Å². The molecule has 1 fully saturated rings. The fraction of sp³-hybridized carbons (Fsp3) is 0.571. The van der Waals surface area contributed by atoms with E-state index in [0.29, 0.717) is 23.4 Å². The second-order valence-corrected chi connectivity index (χ2v) is 5.92. The van der Waals surface area contributed by atoms with Crippen molar-refractivity contribution in [3.05, 3.63) is 22.1 Å². The van der Waals surface area contributed by atoms with Gasteiger partial charge < -0.3 is 14.4 Å². The van der Waals surface area contributed by atoms with Crippen LogP contribution >= 0.6 is 15.9 Å². The molecule has 6 heteroatoms. The number of rotatable bonds is 4. The predicted octanol–water partition coefficient (Wildman–Crippen LogP) is 3.21. The van der Waals surface area contributed by atoms with E-state index in [-0.39, 0.29) is 18.4 Å². The van der Waals surface area contributed by atoms with Gasteiger partial charge in [-0.1, -0.05) is 0 Å². The fourth-order valence-electron chi connectivity index (χ4n) is 2.64. The third kappa shape index (κ3) is 3.42. The van der Waals surface area contributed by atoms with E-state index in [9.17, 15) is 9.59 Å². The Balaban J connectivity index is 2.12. The smallest absolute Gasteiger partial charge is 0.303 e. The van der Waals surface area contributed by atoms with Gasteiger partial charge in [0.25, 0.3) is 5.91 Å². The van der Waals surface area contributed by atoms with Gasteiger partial charge in [0.15, 0.2) is 10.4 Å². The molecule has 1 saturated heterocycles. The lowest BCUT2D eigenvalue weighted by atomic mass is 9.97. The summed E-state index contributed by atoms with van der Waals surface area (Å²) in [6.07, 6.45) is 3.45. The molecule has 0 aromatic carbocycles. The van der Waals surface area contributed by atoms with E-state index in [2.05, 4.69) is 15.9 Å². The standard InChI is InChI=1S/C14H18BrNO4/c1-9-8-11(15)20-13(9)14(19)16-7-3-2-4-10(16)5-6-12(17)18/h8,10H,2-7H2,1H3,(H,17,18). The number of furan rings is 1. The predicted molar refractivity (Wildman–Crippen MR) is 76.7 cm³/mol. The number of carboxylic acid groups (broad SMARTS) is 1. The maximum absolute atomic E-state index is 12.6. The van der Waals surface area contributed by atoms with E-state index in [1.165, 1.54) is 0 Å². The van der Waals surface area contributed by atoms with Gasteiger partial charge in [-0.2, -0.15) is 0 Å². The second-order valence-electron chi connectivity index (χ2n) is 5.14. The van der Waals surface area contributed by atoms with Gasteiger partial charge in [-0.05, 0) is 54.6 Å². The first-order valence-electron chi connectivity index (χ1n) is 6.77. The Morgan fingerprint density at radius 3 is 2.85 bits per heavy atom. The highest BCUT2D eigenvalue weighted by molar-refractivity contribution is 9.10. The maximum atomic E-state index is 12.6. The summed E-state index contributed by atoms with van der Waals surface area (Å²) in [5.74, 6) is -0.609. The number of aliphatic carboxylic acids is 1. The number of piperidine rings is 1. The van der Waals surface area contributed by atoms with E-state index in [1.807, 2.05) is 6.92 Å². The summed E-state index contributed by atoms with van der Waals surface area (Å²) >= 11 is 3.23. The number of nitrogens with zero attached hydrogens (tertiary/aromatic N) is 1. The van der Waals surface area contributed by atoms with Crippen LogP contribution in [0.3, 0.4) is 0 Å². The third-order valence-electron chi connectivity index (χ3n) is 3.66. The zero-order valence-electron chi connectivity index (χ0n) is 11.4. The highest BCUT2D eigenvalue weighted by atomic mass is 79.9. The van der Waals surface area contributed by atoms with Crippen LogP contribution in [0.5, 0.6) is 0 Å². The minimum atomic E-state index is -0.820. The van der Waals surface area contributed by atoms with Crippen LogP contribution in [0.2, 0.25) is 0 Å². The topological polar surface area (TPSA) is 70.8 Å². The third-order valence-corrected chi connectivity index (χ3v) is 4.05. The van der Waals surface area contributed by atoms with E-state index in [1.54, 1.807) is 11.0 Å². The molecular weight excluding hydrogens is 326 g/mol. The Labute approximate surface area is 126 Å². The van der Waals surface area contributed by atoms with Gasteiger partial charge in [0.2, 0.25) is 0 Å². The zero-order valence-corrected chi connectivity index (χ0v) is 13.0. The summed E-state index contributed by atoms with van der Waals surface area (Å²) in [6.45, 7) is 2.50. The molecule has 1 aromatic heterocycles. The lowest BCUT2D eigenvalue weighted by molar-refractivity contribution is -0.137. The molecule has 1 aliphatic heterocycles. The minimum absolute atomic E-state index is 0.00405. The number of halogens is 1. The molecule has 2 heterocycles. The number of carbonyl (C=O) groups is 2. The molecule has 0 aliphatic carbocycles. The number of carboxylic acids is 1. The van der Waals surface area contributed by atoms with Gasteiger partial charge in [-0.15, -0.1) is 0 Å². The monoisotopic (exact) mass is 343 g/mol. The van der Waals surface area contributed by atoms with Crippen molar-refractivity contribution < 1.29 is 19.1 Å². The molecule has 0 bridgehead atoms. The molecule has 0 spiro atoms. The SMILES string of the molecule is Cc1cc(Br)oc1C(=O)N1CCCCC1CCC(=O)O. The maximum Gasteiger partial charge on any atom is 0.303 e. The van der Waals surface area contributed by atoms with Crippen LogP contribution in [0.15, 0.2) is 15.2 Å². The zero-order chi connectivity index (χ0) is 14.7. The van der Waals surface area contributed by atoms with Crippen LogP contribution in [0.1, 0.15) is 48.2 Å². The number of likely N-dealkylation sites (tertiary alicyclic amines) is 1. The molecular formula is C14H18BrNO4. The first kappa shape index (κ1) is 15.1. The Morgan fingerprint density at radius 2 is 2.25 bits per heavy atom. The van der Waals surface area contributed by atoms with Crippen molar-refractivity contribution in [1.82, 2.24) is 4.90 Å². The Morgan fingerprint density at radius 1 is 1.50 bits per heavy atom. The van der Waals surface area contributed by atoms with Crippen molar-refractivity contribution in [3.8, 4) is 0 Å². The summed E-state index contributed by atoms with van der Waals surface area (Å²) in [5.41, 5.74) is 0.796.